The quantitative estimate of drug-likeness (QED) is 0.751. The molecule has 0 amide bonds. The van der Waals surface area contributed by atoms with E-state index >= 15 is 0 Å². The summed E-state index contributed by atoms with van der Waals surface area (Å²) in [5.74, 6) is 1.49. The molecule has 0 aromatic carbocycles. The van der Waals surface area contributed by atoms with Crippen molar-refractivity contribution < 1.29 is 0 Å². The molecule has 0 radical (unpaired) electrons. The molecule has 18 heavy (non-hydrogen) atoms. The second-order valence-corrected chi connectivity index (χ2v) is 3.58. The first-order valence-electron chi connectivity index (χ1n) is 5.94. The van der Waals surface area contributed by atoms with Gasteiger partial charge >= 0.3 is 0 Å². The highest BCUT2D eigenvalue weighted by Gasteiger charge is 2.18. The van der Waals surface area contributed by atoms with Crippen molar-refractivity contribution in [3.8, 4) is 0 Å². The Bertz CT molecular complexity index is 486. The lowest BCUT2D eigenvalue weighted by molar-refractivity contribution is 1.23. The highest BCUT2D eigenvalue weighted by atomic mass is 15.1. The first-order chi connectivity index (χ1) is 8.76. The molecule has 1 heterocycles. The standard InChI is InChI=1S/C15H19N3/c1-5-9-12(10-6-2)14-17-13(8-4)15(18-14)16-11-7-3/h5-11H,1H2,2-4H3,(H,16,17,18)/b10-6-,11-7-,12-9+,13-8+. The summed E-state index contributed by atoms with van der Waals surface area (Å²) in [7, 11) is 0. The van der Waals surface area contributed by atoms with Gasteiger partial charge in [0, 0.05) is 11.8 Å². The fraction of sp³-hybridized carbons (Fsp3) is 0.200. The zero-order valence-electron chi connectivity index (χ0n) is 11.1. The van der Waals surface area contributed by atoms with Crippen LogP contribution in [0.4, 0.5) is 0 Å². The molecular formula is C15H19N3. The van der Waals surface area contributed by atoms with Gasteiger partial charge in [-0.1, -0.05) is 43.0 Å². The number of hydrogen-bond acceptors (Lipinski definition) is 2. The number of rotatable bonds is 4. The van der Waals surface area contributed by atoms with Gasteiger partial charge in [-0.2, -0.15) is 0 Å². The lowest BCUT2D eigenvalue weighted by Gasteiger charge is -2.02. The van der Waals surface area contributed by atoms with Crippen molar-refractivity contribution in [3.05, 3.63) is 60.5 Å². The third-order valence-corrected chi connectivity index (χ3v) is 2.26. The second-order valence-electron chi connectivity index (χ2n) is 3.58. The fourth-order valence-electron chi connectivity index (χ4n) is 1.48. The van der Waals surface area contributed by atoms with E-state index in [0.29, 0.717) is 5.84 Å². The van der Waals surface area contributed by atoms with E-state index in [1.165, 1.54) is 0 Å². The summed E-state index contributed by atoms with van der Waals surface area (Å²) in [4.78, 5) is 8.77. The van der Waals surface area contributed by atoms with Crippen LogP contribution in [0.25, 0.3) is 0 Å². The first kappa shape index (κ1) is 13.9. The zero-order valence-corrected chi connectivity index (χ0v) is 11.1. The summed E-state index contributed by atoms with van der Waals surface area (Å²) >= 11 is 0. The minimum atomic E-state index is 0.699. The van der Waals surface area contributed by atoms with Gasteiger partial charge in [-0.15, -0.1) is 0 Å². The summed E-state index contributed by atoms with van der Waals surface area (Å²) in [5, 5.41) is 3.25. The van der Waals surface area contributed by atoms with Gasteiger partial charge in [-0.05, 0) is 20.8 Å². The minimum Gasteiger partial charge on any atom is -0.337 e. The Morgan fingerprint density at radius 3 is 2.61 bits per heavy atom. The molecule has 1 rings (SSSR count). The minimum absolute atomic E-state index is 0.699. The molecule has 1 N–H and O–H groups in total. The molecule has 1 aliphatic rings. The van der Waals surface area contributed by atoms with Crippen molar-refractivity contribution in [2.45, 2.75) is 20.8 Å². The molecule has 3 nitrogen and oxygen atoms in total. The molecule has 0 bridgehead atoms. The van der Waals surface area contributed by atoms with Crippen molar-refractivity contribution in [1.82, 2.24) is 5.32 Å². The SMILES string of the molecule is C=C/C=C(\C=C/C)C1=NC(=N/C=C\C)/C(=C\C)N1. The van der Waals surface area contributed by atoms with Crippen molar-refractivity contribution in [2.75, 3.05) is 0 Å². The topological polar surface area (TPSA) is 36.8 Å². The number of allylic oxidation sites excluding steroid dienone is 5. The second kappa shape index (κ2) is 7.22. The van der Waals surface area contributed by atoms with Crippen LogP contribution in [-0.4, -0.2) is 11.7 Å². The Hall–Kier alpha value is -2.16. The van der Waals surface area contributed by atoms with E-state index in [4.69, 9.17) is 0 Å². The van der Waals surface area contributed by atoms with E-state index in [1.54, 1.807) is 12.3 Å². The average molecular weight is 241 g/mol. The number of amidine groups is 2. The predicted molar refractivity (Wildman–Crippen MR) is 79.7 cm³/mol. The molecule has 0 fully saturated rings. The lowest BCUT2D eigenvalue weighted by atomic mass is 10.2. The molecule has 3 heteroatoms. The molecule has 0 aromatic heterocycles. The van der Waals surface area contributed by atoms with Crippen LogP contribution in [0, 0.1) is 0 Å². The number of nitrogens with zero attached hydrogens (tertiary/aromatic N) is 2. The van der Waals surface area contributed by atoms with Crippen LogP contribution in [0.3, 0.4) is 0 Å². The highest BCUT2D eigenvalue weighted by Crippen LogP contribution is 2.12. The van der Waals surface area contributed by atoms with Gasteiger partial charge in [-0.3, -0.25) is 0 Å². The lowest BCUT2D eigenvalue weighted by Crippen LogP contribution is -2.19. The molecular weight excluding hydrogens is 222 g/mol. The maximum atomic E-state index is 4.48. The van der Waals surface area contributed by atoms with Gasteiger partial charge in [0.25, 0.3) is 0 Å². The number of hydrogen-bond donors (Lipinski definition) is 1. The van der Waals surface area contributed by atoms with Crippen LogP contribution in [-0.2, 0) is 0 Å². The van der Waals surface area contributed by atoms with Crippen molar-refractivity contribution in [3.63, 3.8) is 0 Å². The van der Waals surface area contributed by atoms with Crippen molar-refractivity contribution in [2.24, 2.45) is 9.98 Å². The van der Waals surface area contributed by atoms with Crippen LogP contribution in [0.15, 0.2) is 70.5 Å². The summed E-state index contributed by atoms with van der Waals surface area (Å²) in [6, 6.07) is 0. The predicted octanol–water partition coefficient (Wildman–Crippen LogP) is 3.51. The van der Waals surface area contributed by atoms with Gasteiger partial charge in [0.1, 0.15) is 5.84 Å². The van der Waals surface area contributed by atoms with E-state index < -0.39 is 0 Å². The Labute approximate surface area is 109 Å². The van der Waals surface area contributed by atoms with Crippen LogP contribution >= 0.6 is 0 Å². The third kappa shape index (κ3) is 3.42. The van der Waals surface area contributed by atoms with E-state index in [-0.39, 0.29) is 0 Å². The Morgan fingerprint density at radius 2 is 2.06 bits per heavy atom. The van der Waals surface area contributed by atoms with E-state index in [0.717, 1.165) is 17.1 Å². The molecule has 0 saturated carbocycles. The molecule has 0 atom stereocenters. The fourth-order valence-corrected chi connectivity index (χ4v) is 1.48. The highest BCUT2D eigenvalue weighted by molar-refractivity contribution is 6.19. The Kier molecular flexibility index (Phi) is 5.58. The monoisotopic (exact) mass is 241 g/mol. The molecule has 0 aromatic rings. The van der Waals surface area contributed by atoms with Crippen LogP contribution in [0.2, 0.25) is 0 Å². The molecule has 1 aliphatic heterocycles. The Morgan fingerprint density at radius 1 is 1.28 bits per heavy atom. The molecule has 0 aliphatic carbocycles. The van der Waals surface area contributed by atoms with Gasteiger partial charge < -0.3 is 5.32 Å². The maximum absolute atomic E-state index is 4.48. The van der Waals surface area contributed by atoms with E-state index in [1.807, 2.05) is 51.2 Å². The molecule has 94 valence electrons. The summed E-state index contributed by atoms with van der Waals surface area (Å²) in [5.41, 5.74) is 1.90. The maximum Gasteiger partial charge on any atom is 0.177 e. The van der Waals surface area contributed by atoms with Crippen LogP contribution in [0.1, 0.15) is 20.8 Å². The van der Waals surface area contributed by atoms with Crippen molar-refractivity contribution >= 4 is 11.7 Å². The summed E-state index contributed by atoms with van der Waals surface area (Å²) < 4.78 is 0. The van der Waals surface area contributed by atoms with E-state index in [9.17, 15) is 0 Å². The third-order valence-electron chi connectivity index (χ3n) is 2.26. The van der Waals surface area contributed by atoms with Gasteiger partial charge in [0.15, 0.2) is 5.84 Å². The molecule has 0 unspecified atom stereocenters. The largest absolute Gasteiger partial charge is 0.337 e. The summed E-state index contributed by atoms with van der Waals surface area (Å²) in [6.07, 6.45) is 13.2. The van der Waals surface area contributed by atoms with Gasteiger partial charge in [-0.25, -0.2) is 9.98 Å². The number of aliphatic imine (C=N–C) groups is 2. The Balaban J connectivity index is 3.12. The van der Waals surface area contributed by atoms with Crippen LogP contribution < -0.4 is 5.32 Å². The van der Waals surface area contributed by atoms with Gasteiger partial charge in [0.05, 0.1) is 5.70 Å². The first-order valence-corrected chi connectivity index (χ1v) is 5.94. The normalized spacial score (nSPS) is 21.1. The average Bonchev–Trinajstić information content (AvgIpc) is 2.79. The van der Waals surface area contributed by atoms with Crippen molar-refractivity contribution in [1.29, 1.82) is 0 Å². The smallest absolute Gasteiger partial charge is 0.177 e. The van der Waals surface area contributed by atoms with E-state index in [2.05, 4.69) is 21.9 Å². The van der Waals surface area contributed by atoms with Crippen LogP contribution in [0.5, 0.6) is 0 Å². The number of nitrogens with one attached hydrogen (secondary N) is 1. The molecule has 0 spiro atoms. The molecule has 0 saturated heterocycles. The summed E-state index contributed by atoms with van der Waals surface area (Å²) in [6.45, 7) is 9.57. The van der Waals surface area contributed by atoms with Gasteiger partial charge in [0.2, 0.25) is 0 Å². The zero-order chi connectivity index (χ0) is 13.4.